The molecule has 2 aromatic carbocycles. The summed E-state index contributed by atoms with van der Waals surface area (Å²) < 4.78 is 0. The van der Waals surface area contributed by atoms with Crippen molar-refractivity contribution in [1.29, 1.82) is 0 Å². The van der Waals surface area contributed by atoms with Gasteiger partial charge in [-0.3, -0.25) is 9.78 Å². The highest BCUT2D eigenvalue weighted by atomic mass is 17.2. The van der Waals surface area contributed by atoms with Gasteiger partial charge >= 0.3 is 11.9 Å². The Kier molecular flexibility index (Phi) is 5.57. The predicted molar refractivity (Wildman–Crippen MR) is 75.5 cm³/mol. The van der Waals surface area contributed by atoms with Gasteiger partial charge in [0.15, 0.2) is 11.5 Å². The average molecular weight is 300 g/mol. The molecule has 0 saturated carbocycles. The van der Waals surface area contributed by atoms with E-state index >= 15 is 0 Å². The van der Waals surface area contributed by atoms with Crippen molar-refractivity contribution in [2.45, 2.75) is 0 Å². The van der Waals surface area contributed by atoms with Crippen LogP contribution in [0.25, 0.3) is 0 Å². The Morgan fingerprint density at radius 2 is 1.00 bits per heavy atom. The summed E-state index contributed by atoms with van der Waals surface area (Å²) in [4.78, 5) is 41.0. The second-order valence-electron chi connectivity index (χ2n) is 3.93. The van der Waals surface area contributed by atoms with Crippen molar-refractivity contribution in [1.82, 2.24) is 0 Å². The highest BCUT2D eigenvalue weighted by Gasteiger charge is 2.04. The number of benzene rings is 2. The molecule has 0 radical (unpaired) electrons. The monoisotopic (exact) mass is 300 g/mol. The summed E-state index contributed by atoms with van der Waals surface area (Å²) in [5, 5.41) is 0. The predicted octanol–water partition coefficient (Wildman–Crippen LogP) is 2.62. The first kappa shape index (κ1) is 15.1. The molecule has 0 heterocycles. The van der Waals surface area contributed by atoms with Gasteiger partial charge in [-0.1, -0.05) is 36.4 Å². The smallest absolute Gasteiger partial charge is 0.287 e. The van der Waals surface area contributed by atoms with Crippen LogP contribution in [0.1, 0.15) is 0 Å². The topological polar surface area (TPSA) is 71.1 Å². The molecule has 0 unspecified atom stereocenters. The van der Waals surface area contributed by atoms with Crippen LogP contribution in [0.4, 0.5) is 0 Å². The van der Waals surface area contributed by atoms with Crippen molar-refractivity contribution >= 4 is 11.9 Å². The van der Waals surface area contributed by atoms with Gasteiger partial charge in [-0.2, -0.15) is 0 Å². The first-order valence-electron chi connectivity index (χ1n) is 6.29. The van der Waals surface area contributed by atoms with Gasteiger partial charge in [-0.15, -0.1) is 0 Å². The molecule has 22 heavy (non-hydrogen) atoms. The molecule has 0 bridgehead atoms. The van der Waals surface area contributed by atoms with Gasteiger partial charge in [0.1, 0.15) is 0 Å². The molecule has 0 aliphatic rings. The maximum Gasteiger partial charge on any atom is 0.379 e. The summed E-state index contributed by atoms with van der Waals surface area (Å²) in [7, 11) is 0. The largest absolute Gasteiger partial charge is 0.379 e. The van der Waals surface area contributed by atoms with Crippen molar-refractivity contribution in [2.75, 3.05) is 0 Å². The quantitative estimate of drug-likeness (QED) is 0.464. The van der Waals surface area contributed by atoms with E-state index in [4.69, 9.17) is 9.78 Å². The zero-order valence-corrected chi connectivity index (χ0v) is 11.4. The van der Waals surface area contributed by atoms with Crippen molar-refractivity contribution in [3.63, 3.8) is 0 Å². The Balaban J connectivity index is 1.71. The van der Waals surface area contributed by atoms with E-state index in [0.29, 0.717) is 11.5 Å². The van der Waals surface area contributed by atoms with E-state index in [9.17, 15) is 9.59 Å². The van der Waals surface area contributed by atoms with E-state index in [1.807, 2.05) is 0 Å². The SMILES string of the molecule is O=C(/C=C\C(=O)OOc1ccccc1)OOc1ccccc1. The van der Waals surface area contributed by atoms with Crippen LogP contribution in [0.2, 0.25) is 0 Å². The van der Waals surface area contributed by atoms with Gasteiger partial charge in [0.05, 0.1) is 0 Å². The standard InChI is InChI=1S/C16H12O6/c17-15(21-19-13-7-3-1-4-8-13)11-12-16(18)22-20-14-9-5-2-6-10-14/h1-12H/b12-11-. The molecular formula is C16H12O6. The first-order valence-corrected chi connectivity index (χ1v) is 6.29. The van der Waals surface area contributed by atoms with Crippen LogP contribution in [0.15, 0.2) is 72.8 Å². The van der Waals surface area contributed by atoms with E-state index in [1.54, 1.807) is 60.7 Å². The van der Waals surface area contributed by atoms with Crippen LogP contribution in [-0.4, -0.2) is 11.9 Å². The van der Waals surface area contributed by atoms with Gasteiger partial charge < -0.3 is 0 Å². The third-order valence-electron chi connectivity index (χ3n) is 2.28. The minimum absolute atomic E-state index is 0.360. The third-order valence-corrected chi connectivity index (χ3v) is 2.28. The molecular weight excluding hydrogens is 288 g/mol. The maximum atomic E-state index is 11.3. The van der Waals surface area contributed by atoms with Gasteiger partial charge in [0, 0.05) is 12.2 Å². The van der Waals surface area contributed by atoms with Gasteiger partial charge in [0.2, 0.25) is 0 Å². The van der Waals surface area contributed by atoms with Crippen molar-refractivity contribution < 1.29 is 29.1 Å². The second-order valence-corrected chi connectivity index (χ2v) is 3.93. The lowest BCUT2D eigenvalue weighted by Crippen LogP contribution is -2.08. The van der Waals surface area contributed by atoms with E-state index in [-0.39, 0.29) is 0 Å². The number of hydrogen-bond donors (Lipinski definition) is 0. The fourth-order valence-corrected chi connectivity index (χ4v) is 1.32. The molecule has 2 aromatic rings. The molecule has 0 aromatic heterocycles. The van der Waals surface area contributed by atoms with Crippen LogP contribution in [0, 0.1) is 0 Å². The fourth-order valence-electron chi connectivity index (χ4n) is 1.32. The number of carbonyl (C=O) groups is 2. The molecule has 2 rings (SSSR count). The van der Waals surface area contributed by atoms with Crippen LogP contribution in [0.5, 0.6) is 11.5 Å². The minimum atomic E-state index is -0.861. The molecule has 112 valence electrons. The molecule has 0 saturated heterocycles. The Hall–Kier alpha value is -3.28. The average Bonchev–Trinajstić information content (AvgIpc) is 2.58. The summed E-state index contributed by atoms with van der Waals surface area (Å²) in [6.45, 7) is 0. The van der Waals surface area contributed by atoms with Crippen LogP contribution < -0.4 is 9.78 Å². The molecule has 0 spiro atoms. The normalized spacial score (nSPS) is 10.0. The lowest BCUT2D eigenvalue weighted by molar-refractivity contribution is -0.209. The molecule has 0 amide bonds. The Bertz CT molecular complexity index is 579. The van der Waals surface area contributed by atoms with Crippen molar-refractivity contribution in [2.24, 2.45) is 0 Å². The zero-order chi connectivity index (χ0) is 15.6. The Labute approximate surface area is 126 Å². The van der Waals surface area contributed by atoms with Gasteiger partial charge in [0.25, 0.3) is 0 Å². The van der Waals surface area contributed by atoms with Crippen LogP contribution in [-0.2, 0) is 19.4 Å². The van der Waals surface area contributed by atoms with Gasteiger partial charge in [-0.05, 0) is 24.3 Å². The number of para-hydroxylation sites is 2. The van der Waals surface area contributed by atoms with Crippen molar-refractivity contribution in [3.8, 4) is 11.5 Å². The summed E-state index contributed by atoms with van der Waals surface area (Å²) in [6, 6.07) is 16.9. The zero-order valence-electron chi connectivity index (χ0n) is 11.4. The lowest BCUT2D eigenvalue weighted by Gasteiger charge is -2.02. The van der Waals surface area contributed by atoms with Crippen molar-refractivity contribution in [3.05, 3.63) is 72.8 Å². The Morgan fingerprint density at radius 1 is 0.636 bits per heavy atom. The van der Waals surface area contributed by atoms with Crippen LogP contribution >= 0.6 is 0 Å². The van der Waals surface area contributed by atoms with E-state index in [1.165, 1.54) is 0 Å². The molecule has 0 aliphatic heterocycles. The second kappa shape index (κ2) is 8.11. The highest BCUT2D eigenvalue weighted by Crippen LogP contribution is 2.09. The molecule has 0 atom stereocenters. The molecule has 6 heteroatoms. The molecule has 0 aliphatic carbocycles. The maximum absolute atomic E-state index is 11.3. The van der Waals surface area contributed by atoms with Crippen LogP contribution in [0.3, 0.4) is 0 Å². The Morgan fingerprint density at radius 3 is 1.36 bits per heavy atom. The summed E-state index contributed by atoms with van der Waals surface area (Å²) in [5.41, 5.74) is 0. The first-order chi connectivity index (χ1) is 10.7. The lowest BCUT2D eigenvalue weighted by atomic mass is 10.3. The van der Waals surface area contributed by atoms with E-state index in [2.05, 4.69) is 9.78 Å². The summed E-state index contributed by atoms with van der Waals surface area (Å²) in [5.74, 6) is -1.00. The fraction of sp³-hybridized carbons (Fsp3) is 0. The minimum Gasteiger partial charge on any atom is -0.287 e. The highest BCUT2D eigenvalue weighted by molar-refractivity contribution is 5.91. The summed E-state index contributed by atoms with van der Waals surface area (Å²) in [6.07, 6.45) is 1.72. The van der Waals surface area contributed by atoms with E-state index in [0.717, 1.165) is 12.2 Å². The molecule has 6 nitrogen and oxygen atoms in total. The molecule has 0 N–H and O–H groups in total. The van der Waals surface area contributed by atoms with E-state index < -0.39 is 11.9 Å². The van der Waals surface area contributed by atoms with Gasteiger partial charge in [-0.25, -0.2) is 19.4 Å². The summed E-state index contributed by atoms with van der Waals surface area (Å²) >= 11 is 0. The number of carbonyl (C=O) groups excluding carboxylic acids is 2. The molecule has 0 fully saturated rings. The number of hydrogen-bond acceptors (Lipinski definition) is 6. The number of rotatable bonds is 6. The third kappa shape index (κ3) is 5.38.